The van der Waals surface area contributed by atoms with E-state index in [-0.39, 0.29) is 11.6 Å². The summed E-state index contributed by atoms with van der Waals surface area (Å²) < 4.78 is 0. The number of carbonyl (C=O) groups is 2. The van der Waals surface area contributed by atoms with Crippen molar-refractivity contribution in [3.8, 4) is 0 Å². The van der Waals surface area contributed by atoms with Gasteiger partial charge in [0.05, 0.1) is 11.4 Å². The summed E-state index contributed by atoms with van der Waals surface area (Å²) >= 11 is 0. The molecule has 7 nitrogen and oxygen atoms in total. The van der Waals surface area contributed by atoms with Crippen LogP contribution >= 0.6 is 0 Å². The summed E-state index contributed by atoms with van der Waals surface area (Å²) in [6.07, 6.45) is 1.64. The predicted molar refractivity (Wildman–Crippen MR) is 81.9 cm³/mol. The highest BCUT2D eigenvalue weighted by Gasteiger charge is 2.23. The molecule has 2 amide bonds. The van der Waals surface area contributed by atoms with Gasteiger partial charge in [0.2, 0.25) is 5.91 Å². The van der Waals surface area contributed by atoms with Gasteiger partial charge in [-0.15, -0.1) is 0 Å². The number of nitrogen functional groups attached to an aromatic ring is 1. The molecule has 4 N–H and O–H groups in total. The van der Waals surface area contributed by atoms with Gasteiger partial charge in [0.1, 0.15) is 6.04 Å². The largest absolute Gasteiger partial charge is 0.395 e. The van der Waals surface area contributed by atoms with E-state index in [0.717, 1.165) is 18.5 Å². The van der Waals surface area contributed by atoms with Crippen LogP contribution in [0.5, 0.6) is 0 Å². The molecule has 0 aliphatic rings. The van der Waals surface area contributed by atoms with Crippen LogP contribution in [0.25, 0.3) is 0 Å². The summed E-state index contributed by atoms with van der Waals surface area (Å²) in [5.41, 5.74) is 7.17. The van der Waals surface area contributed by atoms with Gasteiger partial charge in [-0.1, -0.05) is 13.3 Å². The maximum Gasteiger partial charge on any atom is 0.274 e. The summed E-state index contributed by atoms with van der Waals surface area (Å²) in [5.74, 6) is -0.546. The third kappa shape index (κ3) is 3.96. The van der Waals surface area contributed by atoms with Crippen molar-refractivity contribution in [1.82, 2.24) is 20.4 Å². The van der Waals surface area contributed by atoms with Crippen LogP contribution < -0.4 is 11.1 Å². The van der Waals surface area contributed by atoms with Crippen LogP contribution in [0, 0.1) is 0 Å². The number of nitrogens with zero attached hydrogens (tertiary/aromatic N) is 2. The van der Waals surface area contributed by atoms with E-state index in [9.17, 15) is 9.59 Å². The fraction of sp³-hybridized carbons (Fsp3) is 0.643. The number of hydrogen-bond acceptors (Lipinski definition) is 4. The molecule has 0 saturated heterocycles. The molecule has 0 aliphatic carbocycles. The van der Waals surface area contributed by atoms with Crippen molar-refractivity contribution >= 4 is 17.5 Å². The molecule has 7 heteroatoms. The third-order valence-corrected chi connectivity index (χ3v) is 3.39. The fourth-order valence-electron chi connectivity index (χ4n) is 2.14. The average molecular weight is 295 g/mol. The first kappa shape index (κ1) is 17.0. The maximum absolute atomic E-state index is 12.2. The topological polar surface area (TPSA) is 104 Å². The van der Waals surface area contributed by atoms with Gasteiger partial charge in [-0.25, -0.2) is 0 Å². The SMILES string of the molecule is CCCc1[nH]nc(C(=O)NC(C)C(=O)N(CC)CC)c1N. The number of aromatic nitrogens is 2. The highest BCUT2D eigenvalue weighted by molar-refractivity contribution is 6.00. The van der Waals surface area contributed by atoms with Crippen LogP contribution in [-0.4, -0.2) is 46.0 Å². The number of rotatable bonds is 7. The van der Waals surface area contributed by atoms with Gasteiger partial charge in [-0.05, 0) is 27.2 Å². The molecule has 0 saturated carbocycles. The lowest BCUT2D eigenvalue weighted by Crippen LogP contribution is -2.47. The minimum absolute atomic E-state index is 0.115. The Balaban J connectivity index is 2.75. The Morgan fingerprint density at radius 1 is 1.33 bits per heavy atom. The number of amides is 2. The van der Waals surface area contributed by atoms with Crippen LogP contribution in [0.4, 0.5) is 5.69 Å². The van der Waals surface area contributed by atoms with E-state index < -0.39 is 11.9 Å². The van der Waals surface area contributed by atoms with Gasteiger partial charge in [-0.3, -0.25) is 14.7 Å². The minimum atomic E-state index is -0.608. The molecule has 0 radical (unpaired) electrons. The Bertz CT molecular complexity index is 494. The number of H-pyrrole nitrogens is 1. The lowest BCUT2D eigenvalue weighted by Gasteiger charge is -2.23. The van der Waals surface area contributed by atoms with Gasteiger partial charge >= 0.3 is 0 Å². The highest BCUT2D eigenvalue weighted by Crippen LogP contribution is 2.15. The highest BCUT2D eigenvalue weighted by atomic mass is 16.2. The van der Waals surface area contributed by atoms with E-state index in [2.05, 4.69) is 15.5 Å². The maximum atomic E-state index is 12.2. The zero-order valence-electron chi connectivity index (χ0n) is 13.2. The first-order valence-electron chi connectivity index (χ1n) is 7.38. The molecule has 0 fully saturated rings. The zero-order valence-corrected chi connectivity index (χ0v) is 13.2. The van der Waals surface area contributed by atoms with Gasteiger partial charge < -0.3 is 16.0 Å². The predicted octanol–water partition coefficient (Wildman–Crippen LogP) is 0.931. The number of anilines is 1. The normalized spacial score (nSPS) is 12.0. The number of carbonyl (C=O) groups excluding carboxylic acids is 2. The molecule has 0 aromatic carbocycles. The molecule has 1 atom stereocenters. The van der Waals surface area contributed by atoms with Crippen LogP contribution in [0.15, 0.2) is 0 Å². The van der Waals surface area contributed by atoms with Crippen molar-refractivity contribution in [1.29, 1.82) is 0 Å². The smallest absolute Gasteiger partial charge is 0.274 e. The Morgan fingerprint density at radius 3 is 2.48 bits per heavy atom. The third-order valence-electron chi connectivity index (χ3n) is 3.39. The first-order chi connectivity index (χ1) is 9.96. The molecule has 0 bridgehead atoms. The Morgan fingerprint density at radius 2 is 1.95 bits per heavy atom. The standard InChI is InChI=1S/C14H25N5O2/c1-5-8-10-11(15)12(18-17-10)13(20)16-9(4)14(21)19(6-2)7-3/h9H,5-8,15H2,1-4H3,(H,16,20)(H,17,18). The molecule has 0 aliphatic heterocycles. The summed E-state index contributed by atoms with van der Waals surface area (Å²) in [6.45, 7) is 8.71. The molecule has 1 rings (SSSR count). The first-order valence-corrected chi connectivity index (χ1v) is 7.38. The number of aryl methyl sites for hydroxylation is 1. The molecule has 118 valence electrons. The van der Waals surface area contributed by atoms with Crippen molar-refractivity contribution in [2.75, 3.05) is 18.8 Å². The van der Waals surface area contributed by atoms with Crippen molar-refractivity contribution < 1.29 is 9.59 Å². The molecule has 1 aromatic rings. The van der Waals surface area contributed by atoms with Crippen molar-refractivity contribution in [3.63, 3.8) is 0 Å². The summed E-state index contributed by atoms with van der Waals surface area (Å²) in [6, 6.07) is -0.608. The van der Waals surface area contributed by atoms with Crippen molar-refractivity contribution in [2.45, 2.75) is 46.6 Å². The summed E-state index contributed by atoms with van der Waals surface area (Å²) in [4.78, 5) is 25.9. The number of likely N-dealkylation sites (N-methyl/N-ethyl adjacent to an activating group) is 1. The van der Waals surface area contributed by atoms with E-state index in [1.807, 2.05) is 20.8 Å². The van der Waals surface area contributed by atoms with Crippen LogP contribution in [-0.2, 0) is 11.2 Å². The second kappa shape index (κ2) is 7.66. The van der Waals surface area contributed by atoms with Crippen LogP contribution in [0.1, 0.15) is 50.3 Å². The van der Waals surface area contributed by atoms with E-state index in [1.165, 1.54) is 0 Å². The monoisotopic (exact) mass is 295 g/mol. The lowest BCUT2D eigenvalue weighted by molar-refractivity contribution is -0.132. The number of aromatic amines is 1. The van der Waals surface area contributed by atoms with E-state index in [0.29, 0.717) is 18.8 Å². The molecule has 1 aromatic heterocycles. The Kier molecular flexibility index (Phi) is 6.20. The quantitative estimate of drug-likeness (QED) is 0.696. The fourth-order valence-corrected chi connectivity index (χ4v) is 2.14. The average Bonchev–Trinajstić information content (AvgIpc) is 2.82. The number of hydrogen-bond donors (Lipinski definition) is 3. The molecular weight excluding hydrogens is 270 g/mol. The van der Waals surface area contributed by atoms with E-state index in [4.69, 9.17) is 5.73 Å². The van der Waals surface area contributed by atoms with Crippen molar-refractivity contribution in [3.05, 3.63) is 11.4 Å². The second-order valence-electron chi connectivity index (χ2n) is 4.92. The van der Waals surface area contributed by atoms with Gasteiger partial charge in [0, 0.05) is 13.1 Å². The summed E-state index contributed by atoms with van der Waals surface area (Å²) in [7, 11) is 0. The minimum Gasteiger partial charge on any atom is -0.395 e. The molecular formula is C14H25N5O2. The molecule has 1 unspecified atom stereocenters. The zero-order chi connectivity index (χ0) is 16.0. The molecule has 21 heavy (non-hydrogen) atoms. The lowest BCUT2D eigenvalue weighted by atomic mass is 10.2. The van der Waals surface area contributed by atoms with Gasteiger partial charge in [0.15, 0.2) is 5.69 Å². The second-order valence-corrected chi connectivity index (χ2v) is 4.92. The van der Waals surface area contributed by atoms with E-state index in [1.54, 1.807) is 11.8 Å². The van der Waals surface area contributed by atoms with Crippen LogP contribution in [0.3, 0.4) is 0 Å². The van der Waals surface area contributed by atoms with Gasteiger partial charge in [0.25, 0.3) is 5.91 Å². The number of nitrogens with one attached hydrogen (secondary N) is 2. The molecule has 1 heterocycles. The van der Waals surface area contributed by atoms with Crippen molar-refractivity contribution in [2.24, 2.45) is 0 Å². The van der Waals surface area contributed by atoms with Gasteiger partial charge in [-0.2, -0.15) is 5.10 Å². The molecule has 0 spiro atoms. The Labute approximate surface area is 125 Å². The van der Waals surface area contributed by atoms with Crippen LogP contribution in [0.2, 0.25) is 0 Å². The number of nitrogens with two attached hydrogens (primary N) is 1. The summed E-state index contributed by atoms with van der Waals surface area (Å²) in [5, 5.41) is 9.37. The Hall–Kier alpha value is -2.05. The van der Waals surface area contributed by atoms with E-state index >= 15 is 0 Å².